The smallest absolute Gasteiger partial charge is 0.243 e. The van der Waals surface area contributed by atoms with Crippen LogP contribution < -0.4 is 10.1 Å². The summed E-state index contributed by atoms with van der Waals surface area (Å²) in [6.07, 6.45) is 6.80. The van der Waals surface area contributed by atoms with Crippen molar-refractivity contribution >= 4 is 23.4 Å². The Labute approximate surface area is 231 Å². The van der Waals surface area contributed by atoms with Gasteiger partial charge in [0.25, 0.3) is 0 Å². The lowest BCUT2D eigenvalue weighted by molar-refractivity contribution is -0.141. The Morgan fingerprint density at radius 1 is 0.868 bits per heavy atom. The van der Waals surface area contributed by atoms with Crippen molar-refractivity contribution in [2.45, 2.75) is 70.0 Å². The molecule has 3 aromatic rings. The van der Waals surface area contributed by atoms with Gasteiger partial charge in [0.05, 0.1) is 6.61 Å². The van der Waals surface area contributed by atoms with E-state index in [-0.39, 0.29) is 17.9 Å². The molecule has 200 valence electrons. The maximum Gasteiger partial charge on any atom is 0.243 e. The highest BCUT2D eigenvalue weighted by Crippen LogP contribution is 2.21. The minimum atomic E-state index is -0.593. The van der Waals surface area contributed by atoms with Crippen LogP contribution >= 0.6 is 11.6 Å². The number of rotatable bonds is 12. The highest BCUT2D eigenvalue weighted by Gasteiger charge is 2.31. The second-order valence-electron chi connectivity index (χ2n) is 9.96. The number of halogens is 1. The molecule has 5 nitrogen and oxygen atoms in total. The summed E-state index contributed by atoms with van der Waals surface area (Å²) >= 11 is 5.95. The lowest BCUT2D eigenvalue weighted by atomic mass is 9.94. The molecule has 0 aliphatic heterocycles. The van der Waals surface area contributed by atoms with Crippen LogP contribution in [0.15, 0.2) is 84.9 Å². The number of benzene rings is 3. The predicted molar refractivity (Wildman–Crippen MR) is 152 cm³/mol. The maximum absolute atomic E-state index is 13.8. The molecular formula is C32H37ClN2O3. The second kappa shape index (κ2) is 14.6. The molecular weight excluding hydrogens is 496 g/mol. The van der Waals surface area contributed by atoms with Crippen molar-refractivity contribution in [1.29, 1.82) is 0 Å². The number of amides is 2. The van der Waals surface area contributed by atoms with Gasteiger partial charge in [-0.2, -0.15) is 0 Å². The van der Waals surface area contributed by atoms with E-state index in [0.29, 0.717) is 37.4 Å². The molecule has 1 saturated carbocycles. The van der Waals surface area contributed by atoms with Crippen molar-refractivity contribution in [2.75, 3.05) is 6.61 Å². The number of hydrogen-bond acceptors (Lipinski definition) is 3. The molecule has 4 rings (SSSR count). The summed E-state index contributed by atoms with van der Waals surface area (Å²) in [6, 6.07) is 26.6. The van der Waals surface area contributed by atoms with Gasteiger partial charge in [0.1, 0.15) is 11.8 Å². The molecule has 6 heteroatoms. The zero-order valence-corrected chi connectivity index (χ0v) is 22.6. The molecule has 0 unspecified atom stereocenters. The first-order valence-electron chi connectivity index (χ1n) is 13.6. The van der Waals surface area contributed by atoms with Gasteiger partial charge in [-0.25, -0.2) is 0 Å². The largest absolute Gasteiger partial charge is 0.494 e. The average Bonchev–Trinajstić information content (AvgIpc) is 2.95. The summed E-state index contributed by atoms with van der Waals surface area (Å²) in [7, 11) is 0. The van der Waals surface area contributed by atoms with E-state index in [1.807, 2.05) is 72.8 Å². The zero-order chi connectivity index (χ0) is 26.6. The third kappa shape index (κ3) is 8.63. The van der Waals surface area contributed by atoms with E-state index >= 15 is 0 Å². The van der Waals surface area contributed by atoms with Crippen LogP contribution in [0, 0.1) is 0 Å². The lowest BCUT2D eigenvalue weighted by Crippen LogP contribution is -2.52. The van der Waals surface area contributed by atoms with Crippen LogP contribution in [-0.2, 0) is 22.6 Å². The van der Waals surface area contributed by atoms with Crippen molar-refractivity contribution in [3.05, 3.63) is 101 Å². The van der Waals surface area contributed by atoms with Crippen LogP contribution in [0.2, 0.25) is 5.02 Å². The first kappa shape index (κ1) is 27.7. The number of hydrogen-bond donors (Lipinski definition) is 1. The molecule has 0 spiro atoms. The van der Waals surface area contributed by atoms with E-state index < -0.39 is 6.04 Å². The molecule has 38 heavy (non-hydrogen) atoms. The van der Waals surface area contributed by atoms with Crippen molar-refractivity contribution in [1.82, 2.24) is 10.2 Å². The van der Waals surface area contributed by atoms with Gasteiger partial charge < -0.3 is 15.0 Å². The van der Waals surface area contributed by atoms with Crippen LogP contribution in [0.1, 0.15) is 56.1 Å². The van der Waals surface area contributed by atoms with Crippen molar-refractivity contribution in [3.63, 3.8) is 0 Å². The molecule has 1 fully saturated rings. The predicted octanol–water partition coefficient (Wildman–Crippen LogP) is 6.59. The van der Waals surface area contributed by atoms with E-state index in [0.717, 1.165) is 42.6 Å². The van der Waals surface area contributed by atoms with Gasteiger partial charge in [-0.15, -0.1) is 0 Å². The fourth-order valence-corrected chi connectivity index (χ4v) is 5.09. The molecule has 1 aliphatic carbocycles. The molecule has 0 saturated heterocycles. The molecule has 0 heterocycles. The van der Waals surface area contributed by atoms with Gasteiger partial charge in [0.15, 0.2) is 0 Å². The zero-order valence-electron chi connectivity index (χ0n) is 21.9. The third-order valence-corrected chi connectivity index (χ3v) is 7.29. The SMILES string of the molecule is O=C(NC1CCCCC1)[C@@H](Cc1ccccc1)N(Cc1ccccc1)C(=O)CCCOc1ccc(Cl)cc1. The highest BCUT2D eigenvalue weighted by molar-refractivity contribution is 6.30. The van der Waals surface area contributed by atoms with Gasteiger partial charge >= 0.3 is 0 Å². The van der Waals surface area contributed by atoms with Crippen molar-refractivity contribution in [2.24, 2.45) is 0 Å². The maximum atomic E-state index is 13.8. The van der Waals surface area contributed by atoms with Crippen LogP contribution in [0.3, 0.4) is 0 Å². The van der Waals surface area contributed by atoms with Crippen LogP contribution in [0.5, 0.6) is 5.75 Å². The molecule has 2 amide bonds. The third-order valence-electron chi connectivity index (χ3n) is 7.04. The Kier molecular flexibility index (Phi) is 10.6. The van der Waals surface area contributed by atoms with Gasteiger partial charge in [-0.05, 0) is 54.7 Å². The first-order valence-corrected chi connectivity index (χ1v) is 14.0. The van der Waals surface area contributed by atoms with E-state index in [2.05, 4.69) is 5.32 Å². The molecule has 3 aromatic carbocycles. The molecule has 0 radical (unpaired) electrons. The average molecular weight is 533 g/mol. The van der Waals surface area contributed by atoms with Crippen molar-refractivity contribution < 1.29 is 14.3 Å². The quantitative estimate of drug-likeness (QED) is 0.268. The molecule has 0 aromatic heterocycles. The molecule has 1 atom stereocenters. The molecule has 1 aliphatic rings. The Balaban J connectivity index is 1.49. The van der Waals surface area contributed by atoms with E-state index in [9.17, 15) is 9.59 Å². The van der Waals surface area contributed by atoms with Gasteiger partial charge in [0, 0.05) is 30.5 Å². The Morgan fingerprint density at radius 2 is 1.50 bits per heavy atom. The van der Waals surface area contributed by atoms with Crippen molar-refractivity contribution in [3.8, 4) is 5.75 Å². The lowest BCUT2D eigenvalue weighted by Gasteiger charge is -2.33. The Morgan fingerprint density at radius 3 is 2.16 bits per heavy atom. The highest BCUT2D eigenvalue weighted by atomic mass is 35.5. The monoisotopic (exact) mass is 532 g/mol. The van der Waals surface area contributed by atoms with Crippen LogP contribution in [-0.4, -0.2) is 35.4 Å². The summed E-state index contributed by atoms with van der Waals surface area (Å²) in [5.74, 6) is 0.604. The van der Waals surface area contributed by atoms with E-state index in [1.54, 1.807) is 17.0 Å². The number of ether oxygens (including phenoxy) is 1. The van der Waals surface area contributed by atoms with Gasteiger partial charge in [-0.1, -0.05) is 91.5 Å². The fraction of sp³-hybridized carbons (Fsp3) is 0.375. The summed E-state index contributed by atoms with van der Waals surface area (Å²) < 4.78 is 5.80. The van der Waals surface area contributed by atoms with Crippen LogP contribution in [0.25, 0.3) is 0 Å². The normalized spacial score (nSPS) is 14.4. The van der Waals surface area contributed by atoms with E-state index in [4.69, 9.17) is 16.3 Å². The summed E-state index contributed by atoms with van der Waals surface area (Å²) in [6.45, 7) is 0.789. The number of nitrogens with zero attached hydrogens (tertiary/aromatic N) is 1. The molecule has 0 bridgehead atoms. The van der Waals surface area contributed by atoms with Gasteiger partial charge in [-0.3, -0.25) is 9.59 Å². The fourth-order valence-electron chi connectivity index (χ4n) is 4.97. The standard InChI is InChI=1S/C32H37ClN2O3/c33-27-18-20-29(21-19-27)38-22-10-17-31(36)35(24-26-13-6-2-7-14-26)30(23-25-11-4-1-5-12-25)32(37)34-28-15-8-3-9-16-28/h1-2,4-7,11-14,18-21,28,30H,3,8-10,15-17,22-24H2,(H,34,37)/t30-/m1/s1. The number of carbonyl (C=O) groups is 2. The second-order valence-corrected chi connectivity index (χ2v) is 10.4. The number of nitrogens with one attached hydrogen (secondary N) is 1. The van der Waals surface area contributed by atoms with E-state index in [1.165, 1.54) is 6.42 Å². The Bertz CT molecular complexity index is 1130. The Hall–Kier alpha value is -3.31. The van der Waals surface area contributed by atoms with Gasteiger partial charge in [0.2, 0.25) is 11.8 Å². The van der Waals surface area contributed by atoms with Crippen LogP contribution in [0.4, 0.5) is 0 Å². The number of carbonyl (C=O) groups excluding carboxylic acids is 2. The summed E-state index contributed by atoms with van der Waals surface area (Å²) in [4.78, 5) is 29.2. The first-order chi connectivity index (χ1) is 18.6. The topological polar surface area (TPSA) is 58.6 Å². The molecule has 1 N–H and O–H groups in total. The summed E-state index contributed by atoms with van der Waals surface area (Å²) in [5.41, 5.74) is 2.04. The summed E-state index contributed by atoms with van der Waals surface area (Å²) in [5, 5.41) is 3.94. The minimum Gasteiger partial charge on any atom is -0.494 e. The minimum absolute atomic E-state index is 0.0479.